The minimum absolute atomic E-state index is 0.363. The largest absolute Gasteiger partial charge is 0.422 e. The molecule has 0 saturated carbocycles. The van der Waals surface area contributed by atoms with Crippen LogP contribution >= 0.6 is 11.6 Å². The van der Waals surface area contributed by atoms with Gasteiger partial charge in [0.05, 0.1) is 12.4 Å². The molecule has 0 saturated heterocycles. The fourth-order valence-corrected chi connectivity index (χ4v) is 2.26. The molecule has 112 valence electrons. The van der Waals surface area contributed by atoms with Crippen LogP contribution in [0.1, 0.15) is 18.5 Å². The third-order valence-electron chi connectivity index (χ3n) is 3.06. The van der Waals surface area contributed by atoms with E-state index in [0.29, 0.717) is 10.8 Å². The topological polar surface area (TPSA) is 47.4 Å². The van der Waals surface area contributed by atoms with Crippen LogP contribution in [0.2, 0.25) is 5.02 Å². The van der Waals surface area contributed by atoms with E-state index in [0.717, 1.165) is 12.1 Å². The van der Waals surface area contributed by atoms with Gasteiger partial charge in [-0.2, -0.15) is 5.10 Å². The van der Waals surface area contributed by atoms with E-state index in [1.54, 1.807) is 27.9 Å². The summed E-state index contributed by atoms with van der Waals surface area (Å²) in [5.41, 5.74) is 0.792. The number of nitrogens with zero attached hydrogens (tertiary/aromatic N) is 3. The second-order valence-electron chi connectivity index (χ2n) is 4.87. The van der Waals surface area contributed by atoms with Crippen LogP contribution in [0.5, 0.6) is 5.75 Å². The van der Waals surface area contributed by atoms with Gasteiger partial charge >= 0.3 is 5.97 Å². The van der Waals surface area contributed by atoms with E-state index in [2.05, 4.69) is 5.10 Å². The third kappa shape index (κ3) is 3.83. The average Bonchev–Trinajstić information content (AvgIpc) is 2.86. The van der Waals surface area contributed by atoms with Crippen molar-refractivity contribution < 1.29 is 9.53 Å². The van der Waals surface area contributed by atoms with E-state index in [-0.39, 0.29) is 5.97 Å². The molecule has 1 unspecified atom stereocenters. The number of aromatic nitrogens is 2. The van der Waals surface area contributed by atoms with Crippen LogP contribution in [0, 0.1) is 0 Å². The SMILES string of the molecule is CCn1cc(OC(=O)C(c2cccc(Cl)c2)N(C)C)cn1. The summed E-state index contributed by atoms with van der Waals surface area (Å²) in [6, 6.07) is 6.69. The predicted molar refractivity (Wildman–Crippen MR) is 81.4 cm³/mol. The molecule has 0 bridgehead atoms. The van der Waals surface area contributed by atoms with Gasteiger partial charge in [0, 0.05) is 11.6 Å². The molecule has 0 aliphatic heterocycles. The lowest BCUT2D eigenvalue weighted by Crippen LogP contribution is -2.31. The summed E-state index contributed by atoms with van der Waals surface area (Å²) in [7, 11) is 3.64. The van der Waals surface area contributed by atoms with Crippen molar-refractivity contribution in [3.63, 3.8) is 0 Å². The molecule has 0 radical (unpaired) electrons. The van der Waals surface area contributed by atoms with E-state index >= 15 is 0 Å². The van der Waals surface area contributed by atoms with E-state index in [1.807, 2.05) is 33.2 Å². The van der Waals surface area contributed by atoms with Crippen molar-refractivity contribution in [3.8, 4) is 5.75 Å². The fourth-order valence-electron chi connectivity index (χ4n) is 2.06. The number of esters is 1. The summed E-state index contributed by atoms with van der Waals surface area (Å²) >= 11 is 6.00. The average molecular weight is 308 g/mol. The first kappa shape index (κ1) is 15.5. The van der Waals surface area contributed by atoms with E-state index in [9.17, 15) is 4.79 Å². The summed E-state index contributed by atoms with van der Waals surface area (Å²) < 4.78 is 7.11. The van der Waals surface area contributed by atoms with E-state index < -0.39 is 6.04 Å². The lowest BCUT2D eigenvalue weighted by Gasteiger charge is -2.22. The van der Waals surface area contributed by atoms with Gasteiger partial charge in [-0.15, -0.1) is 0 Å². The van der Waals surface area contributed by atoms with Gasteiger partial charge in [-0.05, 0) is 38.7 Å². The molecule has 21 heavy (non-hydrogen) atoms. The number of aryl methyl sites for hydroxylation is 1. The van der Waals surface area contributed by atoms with Crippen LogP contribution in [0.25, 0.3) is 0 Å². The molecule has 2 aromatic rings. The Bertz CT molecular complexity index is 625. The van der Waals surface area contributed by atoms with Gasteiger partial charge in [0.1, 0.15) is 6.04 Å². The summed E-state index contributed by atoms with van der Waals surface area (Å²) in [5, 5.41) is 4.67. The van der Waals surface area contributed by atoms with Gasteiger partial charge in [0.15, 0.2) is 5.75 Å². The Balaban J connectivity index is 2.20. The van der Waals surface area contributed by atoms with Crippen molar-refractivity contribution >= 4 is 17.6 Å². The fraction of sp³-hybridized carbons (Fsp3) is 0.333. The Kier molecular flexibility index (Phi) is 4.98. The molecular weight excluding hydrogens is 290 g/mol. The Hall–Kier alpha value is -1.85. The van der Waals surface area contributed by atoms with Crippen LogP contribution in [0.3, 0.4) is 0 Å². The van der Waals surface area contributed by atoms with Gasteiger partial charge in [-0.25, -0.2) is 4.79 Å². The third-order valence-corrected chi connectivity index (χ3v) is 3.29. The normalized spacial score (nSPS) is 12.4. The molecule has 0 amide bonds. The minimum atomic E-state index is -0.520. The predicted octanol–water partition coefficient (Wildman–Crippen LogP) is 2.76. The number of likely N-dealkylation sites (N-methyl/N-ethyl adjacent to an activating group) is 1. The highest BCUT2D eigenvalue weighted by atomic mass is 35.5. The first-order valence-corrected chi connectivity index (χ1v) is 7.05. The Morgan fingerprint density at radius 1 is 1.48 bits per heavy atom. The van der Waals surface area contributed by atoms with Crippen LogP contribution < -0.4 is 4.74 Å². The van der Waals surface area contributed by atoms with Crippen LogP contribution in [-0.2, 0) is 11.3 Å². The maximum absolute atomic E-state index is 12.4. The molecule has 6 heteroatoms. The minimum Gasteiger partial charge on any atom is -0.422 e. The zero-order valence-corrected chi connectivity index (χ0v) is 13.0. The van der Waals surface area contributed by atoms with Gasteiger partial charge in [0.2, 0.25) is 0 Å². The number of hydrogen-bond acceptors (Lipinski definition) is 4. The van der Waals surface area contributed by atoms with Crippen molar-refractivity contribution in [2.24, 2.45) is 0 Å². The number of carbonyl (C=O) groups excluding carboxylic acids is 1. The van der Waals surface area contributed by atoms with Crippen molar-refractivity contribution in [2.45, 2.75) is 19.5 Å². The first-order chi connectivity index (χ1) is 10.0. The van der Waals surface area contributed by atoms with Crippen LogP contribution in [-0.4, -0.2) is 34.7 Å². The van der Waals surface area contributed by atoms with Gasteiger partial charge in [-0.1, -0.05) is 23.7 Å². The smallest absolute Gasteiger partial charge is 0.333 e. The van der Waals surface area contributed by atoms with Crippen LogP contribution in [0.15, 0.2) is 36.7 Å². The molecule has 1 heterocycles. The number of rotatable bonds is 5. The summed E-state index contributed by atoms with van der Waals surface area (Å²) in [4.78, 5) is 14.2. The molecular formula is C15H18ClN3O2. The van der Waals surface area contributed by atoms with Gasteiger partial charge < -0.3 is 4.74 Å². The molecule has 1 atom stereocenters. The highest BCUT2D eigenvalue weighted by Crippen LogP contribution is 2.24. The maximum Gasteiger partial charge on any atom is 0.333 e. The lowest BCUT2D eigenvalue weighted by atomic mass is 10.1. The maximum atomic E-state index is 12.4. The molecule has 0 N–H and O–H groups in total. The van der Waals surface area contributed by atoms with Gasteiger partial charge in [-0.3, -0.25) is 9.58 Å². The first-order valence-electron chi connectivity index (χ1n) is 6.67. The molecule has 5 nitrogen and oxygen atoms in total. The Labute approximate surface area is 129 Å². The molecule has 0 fully saturated rings. The zero-order valence-electron chi connectivity index (χ0n) is 12.3. The quantitative estimate of drug-likeness (QED) is 0.797. The Morgan fingerprint density at radius 3 is 2.81 bits per heavy atom. The standard InChI is InChI=1S/C15H18ClN3O2/c1-4-19-10-13(9-17-19)21-15(20)14(18(2)3)11-6-5-7-12(16)8-11/h5-10,14H,4H2,1-3H3. The van der Waals surface area contributed by atoms with E-state index in [1.165, 1.54) is 6.20 Å². The highest BCUT2D eigenvalue weighted by Gasteiger charge is 2.25. The molecule has 0 aliphatic rings. The molecule has 0 spiro atoms. The van der Waals surface area contributed by atoms with Crippen LogP contribution in [0.4, 0.5) is 0 Å². The van der Waals surface area contributed by atoms with E-state index in [4.69, 9.17) is 16.3 Å². The highest BCUT2D eigenvalue weighted by molar-refractivity contribution is 6.30. The number of ether oxygens (including phenoxy) is 1. The summed E-state index contributed by atoms with van der Waals surface area (Å²) in [5.74, 6) is 0.0775. The summed E-state index contributed by atoms with van der Waals surface area (Å²) in [6.07, 6.45) is 3.23. The second kappa shape index (κ2) is 6.74. The number of hydrogen-bond donors (Lipinski definition) is 0. The zero-order chi connectivity index (χ0) is 15.4. The van der Waals surface area contributed by atoms with Crippen molar-refractivity contribution in [3.05, 3.63) is 47.2 Å². The Morgan fingerprint density at radius 2 is 2.24 bits per heavy atom. The number of halogens is 1. The molecule has 0 aliphatic carbocycles. The number of benzene rings is 1. The molecule has 2 rings (SSSR count). The second-order valence-corrected chi connectivity index (χ2v) is 5.31. The molecule has 1 aromatic heterocycles. The summed E-state index contributed by atoms with van der Waals surface area (Å²) in [6.45, 7) is 2.69. The van der Waals surface area contributed by atoms with Crippen molar-refractivity contribution in [1.82, 2.24) is 14.7 Å². The number of carbonyl (C=O) groups is 1. The van der Waals surface area contributed by atoms with Crippen molar-refractivity contribution in [1.29, 1.82) is 0 Å². The van der Waals surface area contributed by atoms with Crippen molar-refractivity contribution in [2.75, 3.05) is 14.1 Å². The monoisotopic (exact) mass is 307 g/mol. The lowest BCUT2D eigenvalue weighted by molar-refractivity contribution is -0.139. The molecule has 1 aromatic carbocycles. The van der Waals surface area contributed by atoms with Gasteiger partial charge in [0.25, 0.3) is 0 Å².